The number of ketones is 1. The summed E-state index contributed by atoms with van der Waals surface area (Å²) in [4.78, 5) is 47.1. The molecule has 2 amide bonds. The molecule has 142 valence electrons. The molecule has 1 aliphatic rings. The van der Waals surface area contributed by atoms with Crippen LogP contribution >= 0.6 is 0 Å². The highest BCUT2D eigenvalue weighted by Gasteiger charge is 2.47. The van der Waals surface area contributed by atoms with Crippen molar-refractivity contribution in [2.24, 2.45) is 0 Å². The number of nitrogens with zero attached hydrogens (tertiary/aromatic N) is 1. The summed E-state index contributed by atoms with van der Waals surface area (Å²) in [6.07, 6.45) is -0.173. The molecule has 0 saturated carbocycles. The van der Waals surface area contributed by atoms with Gasteiger partial charge in [0.15, 0.2) is 18.4 Å². The summed E-state index contributed by atoms with van der Waals surface area (Å²) in [6, 6.07) is -0.980. The molecule has 1 saturated heterocycles. The molecular formula is C16H28N3O6+. The Morgan fingerprint density at radius 2 is 2.00 bits per heavy atom. The van der Waals surface area contributed by atoms with Gasteiger partial charge in [-0.1, -0.05) is 0 Å². The fourth-order valence-electron chi connectivity index (χ4n) is 2.82. The molecule has 9 nitrogen and oxygen atoms in total. The Bertz CT molecular complexity index is 542. The molecule has 0 aromatic heterocycles. The average molecular weight is 358 g/mol. The summed E-state index contributed by atoms with van der Waals surface area (Å²) in [5.41, 5.74) is -0.607. The van der Waals surface area contributed by atoms with Crippen molar-refractivity contribution >= 4 is 23.8 Å². The molecule has 0 radical (unpaired) electrons. The first kappa shape index (κ1) is 21.0. The number of rotatable bonds is 7. The van der Waals surface area contributed by atoms with Crippen LogP contribution in [0.1, 0.15) is 34.1 Å². The number of hydrogen-bond acceptors (Lipinski definition) is 6. The molecule has 0 aromatic carbocycles. The van der Waals surface area contributed by atoms with E-state index in [4.69, 9.17) is 4.74 Å². The van der Waals surface area contributed by atoms with Gasteiger partial charge in [0.2, 0.25) is 0 Å². The quantitative estimate of drug-likeness (QED) is 0.330. The van der Waals surface area contributed by atoms with Gasteiger partial charge >= 0.3 is 18.0 Å². The number of amides is 2. The van der Waals surface area contributed by atoms with Gasteiger partial charge in [0, 0.05) is 19.5 Å². The van der Waals surface area contributed by atoms with E-state index >= 15 is 0 Å². The second-order valence-electron chi connectivity index (χ2n) is 7.26. The van der Waals surface area contributed by atoms with E-state index in [0.717, 1.165) is 0 Å². The zero-order valence-corrected chi connectivity index (χ0v) is 15.3. The minimum absolute atomic E-state index is 0.229. The Balaban J connectivity index is 2.68. The molecule has 2 atom stereocenters. The maximum absolute atomic E-state index is 12.7. The Morgan fingerprint density at radius 1 is 1.36 bits per heavy atom. The highest BCUT2D eigenvalue weighted by Crippen LogP contribution is 2.16. The van der Waals surface area contributed by atoms with Crippen LogP contribution < -0.4 is 10.6 Å². The number of hydrogen-bond donors (Lipinski definition) is 3. The molecule has 9 heteroatoms. The number of alkyl carbamates (subject to hydrolysis) is 1. The number of piperazine rings is 1. The zero-order chi connectivity index (χ0) is 19.3. The SMILES string of the molecule is CC(=O)C1NCC[N+](CCCNC(=O)OC(C)(C)C)(CC(=O)O)C1=O. The summed E-state index contributed by atoms with van der Waals surface area (Å²) in [5, 5.41) is 14.6. The Labute approximate surface area is 147 Å². The molecule has 1 rings (SSSR count). The van der Waals surface area contributed by atoms with Crippen LogP contribution in [0.2, 0.25) is 0 Å². The number of Topliss-reactive ketones (excluding diaryl/α,β-unsaturated/α-hetero) is 1. The number of carbonyl (C=O) groups is 4. The maximum atomic E-state index is 12.7. The molecule has 1 aliphatic heterocycles. The molecule has 0 spiro atoms. The van der Waals surface area contributed by atoms with E-state index < -0.39 is 29.6 Å². The number of ether oxygens (including phenoxy) is 1. The van der Waals surface area contributed by atoms with E-state index in [0.29, 0.717) is 19.5 Å². The molecule has 3 N–H and O–H groups in total. The molecule has 1 fully saturated rings. The van der Waals surface area contributed by atoms with E-state index in [1.807, 2.05) is 0 Å². The number of carbonyl (C=O) groups excluding carboxylic acids is 3. The lowest BCUT2D eigenvalue weighted by molar-refractivity contribution is -0.849. The summed E-state index contributed by atoms with van der Waals surface area (Å²) in [7, 11) is 0. The van der Waals surface area contributed by atoms with Crippen LogP contribution in [0, 0.1) is 0 Å². The third kappa shape index (κ3) is 6.43. The molecule has 25 heavy (non-hydrogen) atoms. The van der Waals surface area contributed by atoms with Gasteiger partial charge in [-0.15, -0.1) is 0 Å². The molecular weight excluding hydrogens is 330 g/mol. The van der Waals surface area contributed by atoms with Gasteiger partial charge in [0.25, 0.3) is 0 Å². The topological polar surface area (TPSA) is 122 Å². The van der Waals surface area contributed by atoms with Gasteiger partial charge in [-0.2, -0.15) is 0 Å². The van der Waals surface area contributed by atoms with Crippen LogP contribution in [0.4, 0.5) is 4.79 Å². The molecule has 2 unspecified atom stereocenters. The summed E-state index contributed by atoms with van der Waals surface area (Å²) in [5.74, 6) is -1.86. The van der Waals surface area contributed by atoms with E-state index in [1.54, 1.807) is 20.8 Å². The third-order valence-corrected chi connectivity index (χ3v) is 3.88. The van der Waals surface area contributed by atoms with Gasteiger partial charge in [-0.05, 0) is 27.7 Å². The van der Waals surface area contributed by atoms with E-state index in [-0.39, 0.29) is 29.9 Å². The lowest BCUT2D eigenvalue weighted by Gasteiger charge is -2.40. The van der Waals surface area contributed by atoms with Crippen molar-refractivity contribution in [1.29, 1.82) is 0 Å². The van der Waals surface area contributed by atoms with Gasteiger partial charge in [0.1, 0.15) is 5.60 Å². The first-order valence-corrected chi connectivity index (χ1v) is 8.30. The Hall–Kier alpha value is -2.00. The van der Waals surface area contributed by atoms with Gasteiger partial charge in [-0.3, -0.25) is 10.1 Å². The van der Waals surface area contributed by atoms with Crippen LogP contribution in [0.15, 0.2) is 0 Å². The first-order valence-electron chi connectivity index (χ1n) is 8.30. The highest BCUT2D eigenvalue weighted by molar-refractivity contribution is 6.02. The molecule has 0 bridgehead atoms. The third-order valence-electron chi connectivity index (χ3n) is 3.88. The first-order chi connectivity index (χ1) is 11.5. The number of quaternary nitrogens is 1. The fraction of sp³-hybridized carbons (Fsp3) is 0.750. The van der Waals surface area contributed by atoms with Crippen LogP contribution in [0.25, 0.3) is 0 Å². The standard InChI is InChI=1S/C16H27N3O6/c1-11(20)13-14(23)19(9-7-17-13,10-12(21)22)8-5-6-18-15(24)25-16(2,3)4/h13,17H,5-10H2,1-4H3,(H-,18,21,22,24)/p+1. The molecule has 0 aliphatic carbocycles. The van der Waals surface area contributed by atoms with Crippen molar-refractivity contribution < 1.29 is 33.5 Å². The predicted molar refractivity (Wildman–Crippen MR) is 88.8 cm³/mol. The largest absolute Gasteiger partial charge is 0.477 e. The second kappa shape index (κ2) is 8.39. The number of nitrogens with one attached hydrogen (secondary N) is 2. The van der Waals surface area contributed by atoms with Crippen LogP contribution in [-0.4, -0.2) is 77.7 Å². The van der Waals surface area contributed by atoms with E-state index in [2.05, 4.69) is 10.6 Å². The van der Waals surface area contributed by atoms with E-state index in [9.17, 15) is 24.3 Å². The Morgan fingerprint density at radius 3 is 2.52 bits per heavy atom. The van der Waals surface area contributed by atoms with Crippen molar-refractivity contribution in [1.82, 2.24) is 10.6 Å². The van der Waals surface area contributed by atoms with Gasteiger partial charge < -0.3 is 15.2 Å². The van der Waals surface area contributed by atoms with Crippen LogP contribution in [0.3, 0.4) is 0 Å². The highest BCUT2D eigenvalue weighted by atomic mass is 16.6. The molecule has 1 heterocycles. The second-order valence-corrected chi connectivity index (χ2v) is 7.26. The fourth-order valence-corrected chi connectivity index (χ4v) is 2.82. The van der Waals surface area contributed by atoms with E-state index in [1.165, 1.54) is 6.92 Å². The van der Waals surface area contributed by atoms with Crippen molar-refractivity contribution in [3.63, 3.8) is 0 Å². The number of carboxylic acid groups (broad SMARTS) is 1. The average Bonchev–Trinajstić information content (AvgIpc) is 2.43. The van der Waals surface area contributed by atoms with Gasteiger partial charge in [0.05, 0.1) is 13.1 Å². The number of carboxylic acids is 1. The van der Waals surface area contributed by atoms with Crippen LogP contribution in [0.5, 0.6) is 0 Å². The summed E-state index contributed by atoms with van der Waals surface area (Å²) in [6.45, 7) is 7.33. The summed E-state index contributed by atoms with van der Waals surface area (Å²) < 4.78 is 4.82. The minimum atomic E-state index is -1.10. The smallest absolute Gasteiger partial charge is 0.407 e. The normalized spacial score (nSPS) is 23.8. The van der Waals surface area contributed by atoms with Crippen LogP contribution in [-0.2, 0) is 19.1 Å². The number of aliphatic carboxylic acids is 1. The van der Waals surface area contributed by atoms with Crippen molar-refractivity contribution in [2.45, 2.75) is 45.8 Å². The zero-order valence-electron chi connectivity index (χ0n) is 15.3. The predicted octanol–water partition coefficient (Wildman–Crippen LogP) is -0.110. The van der Waals surface area contributed by atoms with Crippen molar-refractivity contribution in [2.75, 3.05) is 32.7 Å². The lowest BCUT2D eigenvalue weighted by atomic mass is 10.1. The van der Waals surface area contributed by atoms with Crippen molar-refractivity contribution in [3.05, 3.63) is 0 Å². The summed E-state index contributed by atoms with van der Waals surface area (Å²) >= 11 is 0. The van der Waals surface area contributed by atoms with Crippen molar-refractivity contribution in [3.8, 4) is 0 Å². The maximum Gasteiger partial charge on any atom is 0.407 e. The Kier molecular flexibility index (Phi) is 7.06. The minimum Gasteiger partial charge on any atom is -0.477 e. The monoisotopic (exact) mass is 358 g/mol. The lowest BCUT2D eigenvalue weighted by Crippen LogP contribution is -2.69. The van der Waals surface area contributed by atoms with Gasteiger partial charge in [-0.25, -0.2) is 18.9 Å². The molecule has 0 aromatic rings.